The number of hydrogen-bond acceptors (Lipinski definition) is 9. The summed E-state index contributed by atoms with van der Waals surface area (Å²) in [5.74, 6) is -2.00. The summed E-state index contributed by atoms with van der Waals surface area (Å²) < 4.78 is 90.4. The van der Waals surface area contributed by atoms with Crippen LogP contribution in [0.15, 0.2) is 0 Å². The highest BCUT2D eigenvalue weighted by atomic mass is 32.3. The molecule has 5 unspecified atom stereocenters. The summed E-state index contributed by atoms with van der Waals surface area (Å²) in [6.07, 6.45) is -4.38. The summed E-state index contributed by atoms with van der Waals surface area (Å²) in [5.41, 5.74) is 0. The van der Waals surface area contributed by atoms with Crippen LogP contribution in [0.2, 0.25) is 0 Å². The molecule has 0 bridgehead atoms. The van der Waals surface area contributed by atoms with Crippen LogP contribution in [0.1, 0.15) is 0 Å². The van der Waals surface area contributed by atoms with Crippen molar-refractivity contribution in [3.05, 3.63) is 0 Å². The molecule has 0 aliphatic heterocycles. The minimum absolute atomic E-state index is 0.980. The maximum absolute atomic E-state index is 11.2. The van der Waals surface area contributed by atoms with Crippen molar-refractivity contribution in [2.45, 2.75) is 12.6 Å². The van der Waals surface area contributed by atoms with Gasteiger partial charge in [0, 0.05) is 0 Å². The highest BCUT2D eigenvalue weighted by Crippen LogP contribution is 2.09. The lowest BCUT2D eigenvalue weighted by Crippen LogP contribution is -2.32. The Hall–Kier alpha value is 0.120. The molecule has 0 fully saturated rings. The van der Waals surface area contributed by atoms with Gasteiger partial charge in [-0.25, -0.2) is 21.0 Å². The van der Waals surface area contributed by atoms with Gasteiger partial charge in [0.25, 0.3) is 0 Å². The Morgan fingerprint density at radius 2 is 1.45 bits per heavy atom. The summed E-state index contributed by atoms with van der Waals surface area (Å²) in [6, 6.07) is 0. The molecular weight excluding hydrogens is 368 g/mol. The number of aliphatic hydroxyl groups is 1. The average molecular weight is 378 g/mol. The van der Waals surface area contributed by atoms with Crippen molar-refractivity contribution in [2.75, 3.05) is 11.5 Å². The number of aliphatic hydroxyl groups excluding tert-OH is 1. The smallest absolute Gasteiger partial charge is 0.366 e. The van der Waals surface area contributed by atoms with Crippen molar-refractivity contribution in [3.8, 4) is 0 Å². The highest BCUT2D eigenvalue weighted by molar-refractivity contribution is 7.82. The second kappa shape index (κ2) is 9.20. The Labute approximate surface area is 120 Å². The zero-order valence-electron chi connectivity index (χ0n) is 9.26. The minimum Gasteiger partial charge on any atom is -0.366 e. The van der Waals surface area contributed by atoms with Gasteiger partial charge in [0.15, 0.2) is 28.5 Å². The van der Waals surface area contributed by atoms with Crippen LogP contribution in [0.4, 0.5) is 0 Å². The Balaban J connectivity index is 4.69. The third-order valence-corrected chi connectivity index (χ3v) is 3.62. The van der Waals surface area contributed by atoms with Crippen LogP contribution in [0.25, 0.3) is 0 Å². The van der Waals surface area contributed by atoms with Crippen LogP contribution in [-0.2, 0) is 56.5 Å². The van der Waals surface area contributed by atoms with Gasteiger partial charge in [-0.1, -0.05) is 0 Å². The van der Waals surface area contributed by atoms with Crippen LogP contribution in [0, 0.1) is 0 Å². The predicted molar refractivity (Wildman–Crippen MR) is 64.0 cm³/mol. The van der Waals surface area contributed by atoms with E-state index in [1.807, 2.05) is 0 Å². The molecule has 0 amide bonds. The van der Waals surface area contributed by atoms with Gasteiger partial charge < -0.3 is 14.2 Å². The van der Waals surface area contributed by atoms with Crippen molar-refractivity contribution >= 4 is 43.9 Å². The Morgan fingerprint density at radius 3 is 1.85 bits per heavy atom. The lowest BCUT2D eigenvalue weighted by molar-refractivity contribution is -0.0309. The van der Waals surface area contributed by atoms with Crippen molar-refractivity contribution in [1.82, 2.24) is 0 Å². The zero-order chi connectivity index (χ0) is 15.9. The second-order valence-corrected chi connectivity index (χ2v) is 6.56. The Bertz CT molecular complexity index is 454. The summed E-state index contributed by atoms with van der Waals surface area (Å²) in [5, 5.41) is 8.94. The molecule has 0 spiro atoms. The van der Waals surface area contributed by atoms with Crippen LogP contribution >= 0.6 is 0 Å². The first-order chi connectivity index (χ1) is 9.01. The zero-order valence-corrected chi connectivity index (χ0v) is 12.5. The molecule has 0 aliphatic rings. The standard InChI is InChI=1S/C4H10O12S4/c5-3(1-17(6)7)15-20(12,13)16-4(2-18(8)9)14-19(10)11/h3-5H,1-2H2,(H,6,7)(H,8,9)(H,10,11). The molecular formula is C4H10O12S4. The quantitative estimate of drug-likeness (QED) is 0.231. The molecule has 0 aromatic carbocycles. The molecule has 16 heteroatoms. The van der Waals surface area contributed by atoms with Gasteiger partial charge in [0.2, 0.25) is 6.29 Å². The molecule has 4 N–H and O–H groups in total. The van der Waals surface area contributed by atoms with E-state index in [2.05, 4.69) is 12.5 Å². The lowest BCUT2D eigenvalue weighted by atomic mass is 10.8. The fourth-order valence-corrected chi connectivity index (χ4v) is 2.76. The van der Waals surface area contributed by atoms with Crippen molar-refractivity contribution < 1.29 is 52.4 Å². The number of hydrogen-bond donors (Lipinski definition) is 4. The normalized spacial score (nSPS) is 20.0. The molecule has 122 valence electrons. The van der Waals surface area contributed by atoms with Gasteiger partial charge in [-0.3, -0.25) is 4.55 Å². The monoisotopic (exact) mass is 378 g/mol. The van der Waals surface area contributed by atoms with Crippen LogP contribution in [0.3, 0.4) is 0 Å². The third-order valence-electron chi connectivity index (χ3n) is 1.21. The molecule has 5 atom stereocenters. The number of rotatable bonds is 10. The van der Waals surface area contributed by atoms with Gasteiger partial charge in [-0.15, -0.1) is 0 Å². The largest absolute Gasteiger partial charge is 0.405 e. The van der Waals surface area contributed by atoms with Gasteiger partial charge >= 0.3 is 21.8 Å². The SMILES string of the molecule is O=S(O)CC(O)OS(=O)(=O)OC(CS(=O)O)OS(=O)O. The molecule has 0 aliphatic carbocycles. The first-order valence-corrected chi connectivity index (χ1v) is 9.16. The second-order valence-electron chi connectivity index (χ2n) is 2.77. The van der Waals surface area contributed by atoms with E-state index in [9.17, 15) is 21.0 Å². The van der Waals surface area contributed by atoms with E-state index in [0.29, 0.717) is 0 Å². The third kappa shape index (κ3) is 10.9. The van der Waals surface area contributed by atoms with Crippen molar-refractivity contribution in [1.29, 1.82) is 0 Å². The summed E-state index contributed by atoms with van der Waals surface area (Å²) in [7, 11) is -5.03. The van der Waals surface area contributed by atoms with E-state index in [4.69, 9.17) is 18.8 Å². The molecule has 0 saturated carbocycles. The fraction of sp³-hybridized carbons (Fsp3) is 1.00. The molecule has 12 nitrogen and oxygen atoms in total. The van der Waals surface area contributed by atoms with Gasteiger partial charge in [0.1, 0.15) is 11.5 Å². The van der Waals surface area contributed by atoms with Crippen LogP contribution < -0.4 is 0 Å². The van der Waals surface area contributed by atoms with Crippen LogP contribution in [0.5, 0.6) is 0 Å². The van der Waals surface area contributed by atoms with Gasteiger partial charge in [0.05, 0.1) is 0 Å². The molecule has 0 rings (SSSR count). The lowest BCUT2D eigenvalue weighted by Gasteiger charge is -2.15. The van der Waals surface area contributed by atoms with E-state index in [1.165, 1.54) is 0 Å². The predicted octanol–water partition coefficient (Wildman–Crippen LogP) is -2.49. The molecule has 20 heavy (non-hydrogen) atoms. The first kappa shape index (κ1) is 20.1. The van der Waals surface area contributed by atoms with E-state index < -0.39 is 68.0 Å². The van der Waals surface area contributed by atoms with Gasteiger partial charge in [-0.2, -0.15) is 12.6 Å². The summed E-state index contributed by atoms with van der Waals surface area (Å²) in [6.45, 7) is 0. The molecule has 0 aromatic rings. The Kier molecular flexibility index (Phi) is 9.26. The maximum Gasteiger partial charge on any atom is 0.405 e. The maximum atomic E-state index is 11.2. The Morgan fingerprint density at radius 1 is 0.950 bits per heavy atom. The van der Waals surface area contributed by atoms with E-state index in [0.717, 1.165) is 0 Å². The average Bonchev–Trinajstić information content (AvgIpc) is 2.09. The molecule has 0 aromatic heterocycles. The van der Waals surface area contributed by atoms with E-state index in [-0.39, 0.29) is 0 Å². The highest BCUT2D eigenvalue weighted by Gasteiger charge is 2.28. The summed E-state index contributed by atoms with van der Waals surface area (Å²) >= 11 is -8.21. The molecule has 0 heterocycles. The van der Waals surface area contributed by atoms with Crippen molar-refractivity contribution in [3.63, 3.8) is 0 Å². The van der Waals surface area contributed by atoms with Gasteiger partial charge in [-0.05, 0) is 0 Å². The minimum atomic E-state index is -5.03. The first-order valence-electron chi connectivity index (χ1n) is 4.24. The fourth-order valence-electron chi connectivity index (χ4n) is 0.720. The molecule has 0 radical (unpaired) electrons. The van der Waals surface area contributed by atoms with Crippen LogP contribution in [-0.4, -0.2) is 63.9 Å². The molecule has 0 saturated heterocycles. The van der Waals surface area contributed by atoms with E-state index >= 15 is 0 Å². The topological polar surface area (TPSA) is 194 Å². The van der Waals surface area contributed by atoms with E-state index in [1.54, 1.807) is 0 Å². The van der Waals surface area contributed by atoms with Crippen molar-refractivity contribution in [2.24, 2.45) is 0 Å². The summed E-state index contributed by atoms with van der Waals surface area (Å²) in [4.78, 5) is 0.